The van der Waals surface area contributed by atoms with Gasteiger partial charge in [0.2, 0.25) is 0 Å². The number of likely N-dealkylation sites (N-methyl/N-ethyl adjacent to an activating group) is 1. The van der Waals surface area contributed by atoms with E-state index < -0.39 is 17.8 Å². The first-order valence-electron chi connectivity index (χ1n) is 5.99. The second kappa shape index (κ2) is 4.55. The van der Waals surface area contributed by atoms with Gasteiger partial charge in [0.15, 0.2) is 5.54 Å². The molecule has 5 heteroatoms. The zero-order valence-corrected chi connectivity index (χ0v) is 10.2. The second-order valence-corrected chi connectivity index (χ2v) is 4.80. The maximum Gasteiger partial charge on any atom is 0.412 e. The lowest BCUT2D eigenvalue weighted by molar-refractivity contribution is -0.249. The Bertz CT molecular complexity index is 392. The van der Waals surface area contributed by atoms with Gasteiger partial charge in [-0.25, -0.2) is 0 Å². The van der Waals surface area contributed by atoms with Crippen molar-refractivity contribution >= 4 is 0 Å². The fourth-order valence-corrected chi connectivity index (χ4v) is 2.93. The van der Waals surface area contributed by atoms with E-state index in [0.717, 1.165) is 0 Å². The maximum atomic E-state index is 13.7. The summed E-state index contributed by atoms with van der Waals surface area (Å²) < 4.78 is 41.0. The Balaban J connectivity index is 2.60. The SMILES string of the molecule is CN1CCCC(N)C1(c1ccccc1)C(F)(F)F. The molecule has 1 aliphatic rings. The number of rotatable bonds is 1. The van der Waals surface area contributed by atoms with Crippen molar-refractivity contribution in [2.45, 2.75) is 30.6 Å². The van der Waals surface area contributed by atoms with Gasteiger partial charge in [0, 0.05) is 6.04 Å². The van der Waals surface area contributed by atoms with Gasteiger partial charge in [0.25, 0.3) is 0 Å². The van der Waals surface area contributed by atoms with E-state index in [0.29, 0.717) is 19.4 Å². The number of nitrogens with two attached hydrogens (primary N) is 1. The Morgan fingerprint density at radius 1 is 1.28 bits per heavy atom. The average Bonchev–Trinajstić information content (AvgIpc) is 2.29. The number of benzene rings is 1. The molecule has 0 amide bonds. The van der Waals surface area contributed by atoms with Crippen LogP contribution >= 0.6 is 0 Å². The molecule has 1 aromatic carbocycles. The molecule has 2 rings (SSSR count). The number of piperidine rings is 1. The normalized spacial score (nSPS) is 30.4. The zero-order chi connectivity index (χ0) is 13.4. The minimum absolute atomic E-state index is 0.229. The van der Waals surface area contributed by atoms with E-state index >= 15 is 0 Å². The molecule has 2 atom stereocenters. The molecule has 0 aromatic heterocycles. The molecular formula is C13H17F3N2. The van der Waals surface area contributed by atoms with Gasteiger partial charge in [-0.05, 0) is 32.0 Å². The summed E-state index contributed by atoms with van der Waals surface area (Å²) in [6.45, 7) is 0.405. The van der Waals surface area contributed by atoms with Crippen molar-refractivity contribution < 1.29 is 13.2 Å². The smallest absolute Gasteiger partial charge is 0.325 e. The molecule has 2 nitrogen and oxygen atoms in total. The summed E-state index contributed by atoms with van der Waals surface area (Å²) in [4.78, 5) is 1.34. The molecule has 1 heterocycles. The minimum atomic E-state index is -4.39. The Hall–Kier alpha value is -1.07. The van der Waals surface area contributed by atoms with Crippen molar-refractivity contribution in [2.75, 3.05) is 13.6 Å². The van der Waals surface area contributed by atoms with Crippen molar-refractivity contribution in [1.29, 1.82) is 0 Å². The van der Waals surface area contributed by atoms with Crippen molar-refractivity contribution in [3.8, 4) is 0 Å². The Labute approximate surface area is 105 Å². The predicted octanol–water partition coefficient (Wildman–Crippen LogP) is 2.50. The highest BCUT2D eigenvalue weighted by Crippen LogP contribution is 2.48. The molecule has 18 heavy (non-hydrogen) atoms. The van der Waals surface area contributed by atoms with Gasteiger partial charge >= 0.3 is 6.18 Å². The van der Waals surface area contributed by atoms with Crippen LogP contribution in [0, 0.1) is 0 Å². The quantitative estimate of drug-likeness (QED) is 0.838. The fraction of sp³-hybridized carbons (Fsp3) is 0.538. The van der Waals surface area contributed by atoms with Gasteiger partial charge in [0.05, 0.1) is 0 Å². The number of hydrogen-bond donors (Lipinski definition) is 1. The van der Waals surface area contributed by atoms with Crippen LogP contribution in [0.5, 0.6) is 0 Å². The highest BCUT2D eigenvalue weighted by Gasteiger charge is 2.62. The number of alkyl halides is 3. The van der Waals surface area contributed by atoms with E-state index in [1.807, 2.05) is 0 Å². The van der Waals surface area contributed by atoms with Crippen LogP contribution in [0.1, 0.15) is 18.4 Å². The van der Waals surface area contributed by atoms with Gasteiger partial charge in [-0.3, -0.25) is 4.90 Å². The molecule has 0 spiro atoms. The van der Waals surface area contributed by atoms with E-state index in [1.165, 1.54) is 24.1 Å². The van der Waals surface area contributed by atoms with Crippen LogP contribution < -0.4 is 5.73 Å². The third-order valence-corrected chi connectivity index (χ3v) is 3.79. The minimum Gasteiger partial charge on any atom is -0.325 e. The molecule has 1 aliphatic heterocycles. The predicted molar refractivity (Wildman–Crippen MR) is 64.0 cm³/mol. The van der Waals surface area contributed by atoms with E-state index in [-0.39, 0.29) is 5.56 Å². The average molecular weight is 258 g/mol. The molecule has 100 valence electrons. The monoisotopic (exact) mass is 258 g/mol. The first kappa shape index (κ1) is 13.4. The van der Waals surface area contributed by atoms with Gasteiger partial charge in [-0.15, -0.1) is 0 Å². The number of likely N-dealkylation sites (tertiary alicyclic amines) is 1. The highest BCUT2D eigenvalue weighted by atomic mass is 19.4. The van der Waals surface area contributed by atoms with Crippen LogP contribution in [0.15, 0.2) is 30.3 Å². The van der Waals surface area contributed by atoms with Crippen LogP contribution in [0.4, 0.5) is 13.2 Å². The van der Waals surface area contributed by atoms with E-state index in [2.05, 4.69) is 0 Å². The van der Waals surface area contributed by atoms with Crippen LogP contribution in [-0.4, -0.2) is 30.7 Å². The topological polar surface area (TPSA) is 29.3 Å². The fourth-order valence-electron chi connectivity index (χ4n) is 2.93. The molecule has 2 N–H and O–H groups in total. The lowest BCUT2D eigenvalue weighted by Gasteiger charge is -2.50. The van der Waals surface area contributed by atoms with Crippen LogP contribution in [0.3, 0.4) is 0 Å². The Kier molecular flexibility index (Phi) is 3.38. The zero-order valence-electron chi connectivity index (χ0n) is 10.2. The maximum absolute atomic E-state index is 13.7. The third-order valence-electron chi connectivity index (χ3n) is 3.79. The first-order chi connectivity index (χ1) is 8.40. The summed E-state index contributed by atoms with van der Waals surface area (Å²) in [6.07, 6.45) is -3.30. The standard InChI is InChI=1S/C13H17F3N2/c1-18-9-5-8-11(17)12(18,13(14,15)16)10-6-3-2-4-7-10/h2-4,6-7,11H,5,8-9,17H2,1H3. The van der Waals surface area contributed by atoms with Crippen molar-refractivity contribution in [2.24, 2.45) is 5.73 Å². The molecule has 2 unspecified atom stereocenters. The first-order valence-corrected chi connectivity index (χ1v) is 5.99. The molecule has 1 saturated heterocycles. The van der Waals surface area contributed by atoms with Crippen LogP contribution in [0.2, 0.25) is 0 Å². The lowest BCUT2D eigenvalue weighted by Crippen LogP contribution is -2.66. The summed E-state index contributed by atoms with van der Waals surface area (Å²) in [7, 11) is 1.50. The molecular weight excluding hydrogens is 241 g/mol. The molecule has 0 bridgehead atoms. The van der Waals surface area contributed by atoms with Crippen LogP contribution in [0.25, 0.3) is 0 Å². The molecule has 1 aromatic rings. The van der Waals surface area contributed by atoms with E-state index in [4.69, 9.17) is 5.73 Å². The van der Waals surface area contributed by atoms with Crippen molar-refractivity contribution in [3.63, 3.8) is 0 Å². The molecule has 1 fully saturated rings. The molecule has 0 saturated carbocycles. The number of hydrogen-bond acceptors (Lipinski definition) is 2. The Morgan fingerprint density at radius 2 is 1.89 bits per heavy atom. The summed E-state index contributed by atoms with van der Waals surface area (Å²) in [5.41, 5.74) is 4.03. The summed E-state index contributed by atoms with van der Waals surface area (Å²) >= 11 is 0. The second-order valence-electron chi connectivity index (χ2n) is 4.80. The third kappa shape index (κ3) is 1.82. The summed E-state index contributed by atoms with van der Waals surface area (Å²) in [6, 6.07) is 7.04. The Morgan fingerprint density at radius 3 is 2.39 bits per heavy atom. The number of halogens is 3. The lowest BCUT2D eigenvalue weighted by atomic mass is 9.76. The van der Waals surface area contributed by atoms with Gasteiger partial charge in [-0.2, -0.15) is 13.2 Å². The van der Waals surface area contributed by atoms with Gasteiger partial charge < -0.3 is 5.73 Å². The van der Waals surface area contributed by atoms with Gasteiger partial charge in [-0.1, -0.05) is 30.3 Å². The molecule has 0 radical (unpaired) electrons. The van der Waals surface area contributed by atoms with Gasteiger partial charge in [0.1, 0.15) is 0 Å². The largest absolute Gasteiger partial charge is 0.412 e. The highest BCUT2D eigenvalue weighted by molar-refractivity contribution is 5.30. The van der Waals surface area contributed by atoms with Crippen molar-refractivity contribution in [3.05, 3.63) is 35.9 Å². The van der Waals surface area contributed by atoms with Crippen LogP contribution in [-0.2, 0) is 5.54 Å². The van der Waals surface area contributed by atoms with E-state index in [9.17, 15) is 13.2 Å². The molecule has 0 aliphatic carbocycles. The summed E-state index contributed by atoms with van der Waals surface area (Å²) in [5, 5.41) is 0. The summed E-state index contributed by atoms with van der Waals surface area (Å²) in [5.74, 6) is 0. The van der Waals surface area contributed by atoms with Crippen molar-refractivity contribution in [1.82, 2.24) is 4.90 Å². The van der Waals surface area contributed by atoms with E-state index in [1.54, 1.807) is 18.2 Å². The number of nitrogens with zero attached hydrogens (tertiary/aromatic N) is 1.